The first-order valence-electron chi connectivity index (χ1n) is 6.53. The lowest BCUT2D eigenvalue weighted by Crippen LogP contribution is -2.38. The smallest absolute Gasteiger partial charge is 0.00965 e. The Bertz CT molecular complexity index is 358. The van der Waals surface area contributed by atoms with E-state index in [4.69, 9.17) is 0 Å². The van der Waals surface area contributed by atoms with E-state index in [1.165, 1.54) is 11.1 Å². The fraction of sp³-hybridized carbons (Fsp3) is 0.625. The molecule has 1 rings (SSSR count). The highest BCUT2D eigenvalue weighted by Gasteiger charge is 2.21. The summed E-state index contributed by atoms with van der Waals surface area (Å²) in [6.45, 7) is 14.5. The molecule has 1 heteroatoms. The van der Waals surface area contributed by atoms with Gasteiger partial charge in [0.05, 0.1) is 0 Å². The summed E-state index contributed by atoms with van der Waals surface area (Å²) in [6.07, 6.45) is 1.16. The zero-order chi connectivity index (χ0) is 13.1. The van der Waals surface area contributed by atoms with Crippen LogP contribution in [0.25, 0.3) is 0 Å². The molecule has 0 saturated heterocycles. The molecule has 17 heavy (non-hydrogen) atoms. The van der Waals surface area contributed by atoms with Crippen LogP contribution in [0.15, 0.2) is 24.3 Å². The summed E-state index contributed by atoms with van der Waals surface area (Å²) in [5, 5.41) is 3.56. The fourth-order valence-corrected chi connectivity index (χ4v) is 1.96. The molecule has 0 fully saturated rings. The molecule has 1 N–H and O–H groups in total. The average Bonchev–Trinajstić information content (AvgIpc) is 2.15. The maximum atomic E-state index is 3.56. The quantitative estimate of drug-likeness (QED) is 0.827. The van der Waals surface area contributed by atoms with E-state index >= 15 is 0 Å². The third-order valence-corrected chi connectivity index (χ3v) is 3.20. The molecule has 1 nitrogen and oxygen atoms in total. The van der Waals surface area contributed by atoms with Gasteiger partial charge in [-0.15, -0.1) is 0 Å². The average molecular weight is 233 g/mol. The molecule has 0 unspecified atom stereocenters. The number of rotatable bonds is 4. The molecule has 0 aliphatic rings. The first-order valence-corrected chi connectivity index (χ1v) is 6.53. The van der Waals surface area contributed by atoms with E-state index in [1.54, 1.807) is 0 Å². The maximum Gasteiger partial charge on any atom is 0.00965 e. The Hall–Kier alpha value is -0.820. The predicted octanol–water partition coefficient (Wildman–Crippen LogP) is 4.05. The fourth-order valence-electron chi connectivity index (χ4n) is 1.96. The zero-order valence-corrected chi connectivity index (χ0v) is 12.2. The highest BCUT2D eigenvalue weighted by molar-refractivity contribution is 5.28. The van der Waals surface area contributed by atoms with Gasteiger partial charge in [-0.05, 0) is 51.6 Å². The molecule has 96 valence electrons. The second-order valence-electron chi connectivity index (χ2n) is 6.68. The van der Waals surface area contributed by atoms with E-state index in [1.807, 2.05) is 0 Å². The van der Waals surface area contributed by atoms with Crippen molar-refractivity contribution in [2.75, 3.05) is 6.54 Å². The molecule has 0 aliphatic carbocycles. The molecular weight excluding hydrogens is 206 g/mol. The highest BCUT2D eigenvalue weighted by atomic mass is 14.9. The van der Waals surface area contributed by atoms with Gasteiger partial charge in [-0.25, -0.2) is 0 Å². The van der Waals surface area contributed by atoms with Crippen molar-refractivity contribution in [2.45, 2.75) is 58.9 Å². The van der Waals surface area contributed by atoms with Crippen LogP contribution in [-0.4, -0.2) is 12.1 Å². The molecule has 0 radical (unpaired) electrons. The van der Waals surface area contributed by atoms with Crippen LogP contribution < -0.4 is 5.32 Å². The monoisotopic (exact) mass is 233 g/mol. The summed E-state index contributed by atoms with van der Waals surface area (Å²) in [7, 11) is 0. The van der Waals surface area contributed by atoms with Crippen LogP contribution in [0.4, 0.5) is 0 Å². The summed E-state index contributed by atoms with van der Waals surface area (Å²) in [4.78, 5) is 0. The van der Waals surface area contributed by atoms with Crippen molar-refractivity contribution in [2.24, 2.45) is 0 Å². The lowest BCUT2D eigenvalue weighted by atomic mass is 9.81. The molecule has 0 atom stereocenters. The number of hydrogen-bond acceptors (Lipinski definition) is 1. The van der Waals surface area contributed by atoms with Gasteiger partial charge in [-0.2, -0.15) is 0 Å². The van der Waals surface area contributed by atoms with E-state index in [0.717, 1.165) is 13.0 Å². The topological polar surface area (TPSA) is 12.0 Å². The van der Waals surface area contributed by atoms with E-state index in [2.05, 4.69) is 71.1 Å². The van der Waals surface area contributed by atoms with Crippen molar-refractivity contribution in [3.63, 3.8) is 0 Å². The van der Waals surface area contributed by atoms with Gasteiger partial charge in [-0.3, -0.25) is 0 Å². The first-order chi connectivity index (χ1) is 7.71. The van der Waals surface area contributed by atoms with E-state index in [9.17, 15) is 0 Å². The molecule has 1 aromatic carbocycles. The van der Waals surface area contributed by atoms with Crippen molar-refractivity contribution in [3.8, 4) is 0 Å². The Balaban J connectivity index is 2.62. The normalized spacial score (nSPS) is 12.8. The van der Waals surface area contributed by atoms with Crippen LogP contribution in [0.1, 0.15) is 52.2 Å². The third kappa shape index (κ3) is 4.91. The molecule has 0 saturated carbocycles. The SMILES string of the molecule is Cc1cccc(C(C)(C)CCNC(C)(C)C)c1. The van der Waals surface area contributed by atoms with Gasteiger partial charge < -0.3 is 5.32 Å². The van der Waals surface area contributed by atoms with Crippen molar-refractivity contribution < 1.29 is 0 Å². The van der Waals surface area contributed by atoms with Crippen LogP contribution in [-0.2, 0) is 5.41 Å². The summed E-state index contributed by atoms with van der Waals surface area (Å²) < 4.78 is 0. The Morgan fingerprint density at radius 2 is 1.71 bits per heavy atom. The minimum absolute atomic E-state index is 0.211. The molecule has 0 aromatic heterocycles. The largest absolute Gasteiger partial charge is 0.312 e. The van der Waals surface area contributed by atoms with Gasteiger partial charge in [-0.1, -0.05) is 43.7 Å². The van der Waals surface area contributed by atoms with Crippen LogP contribution in [0.5, 0.6) is 0 Å². The lowest BCUT2D eigenvalue weighted by molar-refractivity contribution is 0.379. The predicted molar refractivity (Wildman–Crippen MR) is 76.6 cm³/mol. The van der Waals surface area contributed by atoms with Gasteiger partial charge in [0.15, 0.2) is 0 Å². The first kappa shape index (κ1) is 14.2. The van der Waals surface area contributed by atoms with E-state index < -0.39 is 0 Å². The van der Waals surface area contributed by atoms with Crippen molar-refractivity contribution in [1.82, 2.24) is 5.32 Å². The molecule has 0 aliphatic heterocycles. The zero-order valence-electron chi connectivity index (χ0n) is 12.2. The molecule has 0 spiro atoms. The standard InChI is InChI=1S/C16H27N/c1-13-8-7-9-14(12-13)16(5,6)10-11-17-15(2,3)4/h7-9,12,17H,10-11H2,1-6H3. The molecule has 0 heterocycles. The summed E-state index contributed by atoms with van der Waals surface area (Å²) in [6, 6.07) is 8.86. The molecule has 0 bridgehead atoms. The molecule has 0 amide bonds. The van der Waals surface area contributed by atoms with Crippen LogP contribution in [0.2, 0.25) is 0 Å². The van der Waals surface area contributed by atoms with Crippen molar-refractivity contribution in [1.29, 1.82) is 0 Å². The summed E-state index contributed by atoms with van der Waals surface area (Å²) in [5.41, 5.74) is 3.24. The third-order valence-electron chi connectivity index (χ3n) is 3.20. The van der Waals surface area contributed by atoms with Gasteiger partial charge in [0.25, 0.3) is 0 Å². The summed E-state index contributed by atoms with van der Waals surface area (Å²) in [5.74, 6) is 0. The maximum absolute atomic E-state index is 3.56. The van der Waals surface area contributed by atoms with Crippen LogP contribution >= 0.6 is 0 Å². The van der Waals surface area contributed by atoms with Gasteiger partial charge in [0, 0.05) is 5.54 Å². The van der Waals surface area contributed by atoms with E-state index in [0.29, 0.717) is 0 Å². The lowest BCUT2D eigenvalue weighted by Gasteiger charge is -2.28. The van der Waals surface area contributed by atoms with Crippen LogP contribution in [0.3, 0.4) is 0 Å². The second-order valence-corrected chi connectivity index (χ2v) is 6.68. The van der Waals surface area contributed by atoms with Gasteiger partial charge in [0.2, 0.25) is 0 Å². The minimum atomic E-state index is 0.211. The Kier molecular flexibility index (Phi) is 4.37. The number of benzene rings is 1. The number of aryl methyl sites for hydroxylation is 1. The van der Waals surface area contributed by atoms with Crippen molar-refractivity contribution in [3.05, 3.63) is 35.4 Å². The van der Waals surface area contributed by atoms with Crippen LogP contribution in [0, 0.1) is 6.92 Å². The molecule has 1 aromatic rings. The number of nitrogens with one attached hydrogen (secondary N) is 1. The van der Waals surface area contributed by atoms with Gasteiger partial charge in [0.1, 0.15) is 0 Å². The summed E-state index contributed by atoms with van der Waals surface area (Å²) >= 11 is 0. The van der Waals surface area contributed by atoms with Crippen molar-refractivity contribution >= 4 is 0 Å². The van der Waals surface area contributed by atoms with Gasteiger partial charge >= 0.3 is 0 Å². The minimum Gasteiger partial charge on any atom is -0.312 e. The highest BCUT2D eigenvalue weighted by Crippen LogP contribution is 2.27. The Labute approximate surface area is 107 Å². The second kappa shape index (κ2) is 5.22. The molecular formula is C16H27N. The Morgan fingerprint density at radius 1 is 1.06 bits per heavy atom. The van der Waals surface area contributed by atoms with E-state index in [-0.39, 0.29) is 11.0 Å². The Morgan fingerprint density at radius 3 is 2.24 bits per heavy atom. The number of hydrogen-bond donors (Lipinski definition) is 1.